The number of benzene rings is 1. The molecule has 1 atom stereocenters. The van der Waals surface area contributed by atoms with E-state index in [1.807, 2.05) is 18.9 Å². The first-order chi connectivity index (χ1) is 9.92. The maximum Gasteiger partial charge on any atom is 0.335 e. The molecule has 0 aliphatic rings. The number of nitrogens with one attached hydrogen (secondary N) is 1. The lowest BCUT2D eigenvalue weighted by Gasteiger charge is -2.18. The molecule has 0 saturated carbocycles. The van der Waals surface area contributed by atoms with E-state index in [0.717, 1.165) is 18.4 Å². The van der Waals surface area contributed by atoms with Crippen LogP contribution in [0.25, 0.3) is 0 Å². The normalized spacial score (nSPS) is 12.2. The van der Waals surface area contributed by atoms with Crippen molar-refractivity contribution in [3.63, 3.8) is 0 Å². The van der Waals surface area contributed by atoms with E-state index in [0.29, 0.717) is 13.1 Å². The standard InChI is InChI=1S/C16H24N2O3/c1-4-5-12(2)17-15(19)11-18(3)10-13-6-8-14(9-7-13)16(20)21/h6-9,12H,4-5,10-11H2,1-3H3,(H,17,19)(H,20,21). The van der Waals surface area contributed by atoms with E-state index in [2.05, 4.69) is 12.2 Å². The second-order valence-electron chi connectivity index (χ2n) is 5.43. The van der Waals surface area contributed by atoms with E-state index >= 15 is 0 Å². The quantitative estimate of drug-likeness (QED) is 0.770. The zero-order valence-electron chi connectivity index (χ0n) is 12.9. The molecular formula is C16H24N2O3. The number of aromatic carboxylic acids is 1. The second-order valence-corrected chi connectivity index (χ2v) is 5.43. The summed E-state index contributed by atoms with van der Waals surface area (Å²) in [6.07, 6.45) is 2.03. The Morgan fingerprint density at radius 1 is 1.29 bits per heavy atom. The molecule has 0 fully saturated rings. The van der Waals surface area contributed by atoms with Crippen molar-refractivity contribution in [3.05, 3.63) is 35.4 Å². The largest absolute Gasteiger partial charge is 0.478 e. The van der Waals surface area contributed by atoms with Gasteiger partial charge in [0, 0.05) is 12.6 Å². The van der Waals surface area contributed by atoms with Crippen LogP contribution in [0.3, 0.4) is 0 Å². The fourth-order valence-corrected chi connectivity index (χ4v) is 2.19. The zero-order chi connectivity index (χ0) is 15.8. The van der Waals surface area contributed by atoms with Crippen molar-refractivity contribution in [2.24, 2.45) is 0 Å². The van der Waals surface area contributed by atoms with Crippen molar-refractivity contribution in [1.82, 2.24) is 10.2 Å². The Morgan fingerprint density at radius 3 is 2.43 bits per heavy atom. The number of hydrogen-bond donors (Lipinski definition) is 2. The average Bonchev–Trinajstić information content (AvgIpc) is 2.38. The van der Waals surface area contributed by atoms with Crippen molar-refractivity contribution in [3.8, 4) is 0 Å². The average molecular weight is 292 g/mol. The minimum atomic E-state index is -0.931. The first kappa shape index (κ1) is 17.2. The van der Waals surface area contributed by atoms with Crippen LogP contribution in [-0.2, 0) is 11.3 Å². The van der Waals surface area contributed by atoms with Crippen molar-refractivity contribution in [2.75, 3.05) is 13.6 Å². The third-order valence-corrected chi connectivity index (χ3v) is 3.20. The smallest absolute Gasteiger partial charge is 0.335 e. The molecule has 1 aromatic carbocycles. The number of amides is 1. The molecule has 0 spiro atoms. The monoisotopic (exact) mass is 292 g/mol. The van der Waals surface area contributed by atoms with Gasteiger partial charge in [-0.05, 0) is 38.1 Å². The molecule has 0 heterocycles. The summed E-state index contributed by atoms with van der Waals surface area (Å²) >= 11 is 0. The van der Waals surface area contributed by atoms with Gasteiger partial charge in [-0.1, -0.05) is 25.5 Å². The Hall–Kier alpha value is -1.88. The molecule has 21 heavy (non-hydrogen) atoms. The fraction of sp³-hybridized carbons (Fsp3) is 0.500. The highest BCUT2D eigenvalue weighted by atomic mass is 16.4. The SMILES string of the molecule is CCCC(C)NC(=O)CN(C)Cc1ccc(C(=O)O)cc1. The van der Waals surface area contributed by atoms with Crippen LogP contribution < -0.4 is 5.32 Å². The minimum Gasteiger partial charge on any atom is -0.478 e. The Morgan fingerprint density at radius 2 is 1.90 bits per heavy atom. The van der Waals surface area contributed by atoms with Gasteiger partial charge in [0.05, 0.1) is 12.1 Å². The molecular weight excluding hydrogens is 268 g/mol. The molecule has 2 N–H and O–H groups in total. The Kier molecular flexibility index (Phi) is 6.88. The van der Waals surface area contributed by atoms with E-state index in [-0.39, 0.29) is 17.5 Å². The molecule has 0 radical (unpaired) electrons. The number of carbonyl (C=O) groups is 2. The number of rotatable bonds is 8. The van der Waals surface area contributed by atoms with E-state index in [4.69, 9.17) is 5.11 Å². The Balaban J connectivity index is 2.44. The van der Waals surface area contributed by atoms with E-state index in [1.165, 1.54) is 0 Å². The summed E-state index contributed by atoms with van der Waals surface area (Å²) in [6, 6.07) is 6.91. The number of carbonyl (C=O) groups excluding carboxylic acids is 1. The lowest BCUT2D eigenvalue weighted by Crippen LogP contribution is -2.39. The van der Waals surface area contributed by atoms with E-state index in [1.54, 1.807) is 24.3 Å². The zero-order valence-corrected chi connectivity index (χ0v) is 12.9. The maximum atomic E-state index is 11.8. The molecule has 0 saturated heterocycles. The van der Waals surface area contributed by atoms with Crippen molar-refractivity contribution in [2.45, 2.75) is 39.3 Å². The molecule has 1 amide bonds. The first-order valence-corrected chi connectivity index (χ1v) is 7.22. The second kappa shape index (κ2) is 8.42. The molecule has 5 heteroatoms. The fourth-order valence-electron chi connectivity index (χ4n) is 2.19. The third-order valence-electron chi connectivity index (χ3n) is 3.20. The lowest BCUT2D eigenvalue weighted by atomic mass is 10.1. The van der Waals surface area contributed by atoms with Gasteiger partial charge in [0.15, 0.2) is 0 Å². The summed E-state index contributed by atoms with van der Waals surface area (Å²) in [4.78, 5) is 24.5. The van der Waals surface area contributed by atoms with Crippen molar-refractivity contribution >= 4 is 11.9 Å². The van der Waals surface area contributed by atoms with Crippen molar-refractivity contribution < 1.29 is 14.7 Å². The summed E-state index contributed by atoms with van der Waals surface area (Å²) in [5, 5.41) is 11.8. The summed E-state index contributed by atoms with van der Waals surface area (Å²) in [7, 11) is 1.87. The van der Waals surface area contributed by atoms with Crippen LogP contribution in [0.4, 0.5) is 0 Å². The number of carboxylic acids is 1. The van der Waals surface area contributed by atoms with Crippen molar-refractivity contribution in [1.29, 1.82) is 0 Å². The lowest BCUT2D eigenvalue weighted by molar-refractivity contribution is -0.122. The summed E-state index contributed by atoms with van der Waals surface area (Å²) in [5.74, 6) is -0.917. The van der Waals surface area contributed by atoms with Crippen LogP contribution in [0.5, 0.6) is 0 Å². The molecule has 116 valence electrons. The molecule has 5 nitrogen and oxygen atoms in total. The van der Waals surface area contributed by atoms with Crippen LogP contribution in [0, 0.1) is 0 Å². The van der Waals surface area contributed by atoms with Gasteiger partial charge < -0.3 is 10.4 Å². The van der Waals surface area contributed by atoms with Gasteiger partial charge >= 0.3 is 5.97 Å². The number of likely N-dealkylation sites (N-methyl/N-ethyl adjacent to an activating group) is 1. The molecule has 0 aromatic heterocycles. The maximum absolute atomic E-state index is 11.8. The van der Waals surface area contributed by atoms with Crippen LogP contribution in [0.2, 0.25) is 0 Å². The molecule has 1 rings (SSSR count). The highest BCUT2D eigenvalue weighted by Crippen LogP contribution is 2.07. The van der Waals surface area contributed by atoms with Crippen LogP contribution in [0.15, 0.2) is 24.3 Å². The summed E-state index contributed by atoms with van der Waals surface area (Å²) in [6.45, 7) is 5.03. The number of carboxylic acid groups (broad SMARTS) is 1. The highest BCUT2D eigenvalue weighted by Gasteiger charge is 2.10. The Bertz CT molecular complexity index is 471. The highest BCUT2D eigenvalue weighted by molar-refractivity contribution is 5.87. The van der Waals surface area contributed by atoms with Gasteiger partial charge in [-0.3, -0.25) is 9.69 Å². The number of hydrogen-bond acceptors (Lipinski definition) is 3. The van der Waals surface area contributed by atoms with Gasteiger partial charge in [-0.25, -0.2) is 4.79 Å². The van der Waals surface area contributed by atoms with E-state index in [9.17, 15) is 9.59 Å². The van der Waals surface area contributed by atoms with Gasteiger partial charge in [-0.15, -0.1) is 0 Å². The topological polar surface area (TPSA) is 69.6 Å². The van der Waals surface area contributed by atoms with E-state index < -0.39 is 5.97 Å². The van der Waals surface area contributed by atoms with Gasteiger partial charge in [-0.2, -0.15) is 0 Å². The molecule has 1 aromatic rings. The molecule has 0 aliphatic heterocycles. The predicted molar refractivity (Wildman–Crippen MR) is 82.2 cm³/mol. The Labute approximate surface area is 126 Å². The summed E-state index contributed by atoms with van der Waals surface area (Å²) in [5.41, 5.74) is 1.25. The van der Waals surface area contributed by atoms with Crippen LogP contribution in [-0.4, -0.2) is 41.5 Å². The molecule has 0 bridgehead atoms. The first-order valence-electron chi connectivity index (χ1n) is 7.22. The van der Waals surface area contributed by atoms with Crippen LogP contribution >= 0.6 is 0 Å². The van der Waals surface area contributed by atoms with Crippen LogP contribution in [0.1, 0.15) is 42.6 Å². The third kappa shape index (κ3) is 6.40. The molecule has 1 unspecified atom stereocenters. The predicted octanol–water partition coefficient (Wildman–Crippen LogP) is 2.12. The van der Waals surface area contributed by atoms with Gasteiger partial charge in [0.1, 0.15) is 0 Å². The minimum absolute atomic E-state index is 0.0145. The molecule has 0 aliphatic carbocycles. The van der Waals surface area contributed by atoms with Gasteiger partial charge in [0.25, 0.3) is 0 Å². The number of nitrogens with zero attached hydrogens (tertiary/aromatic N) is 1. The summed E-state index contributed by atoms with van der Waals surface area (Å²) < 4.78 is 0. The van der Waals surface area contributed by atoms with Gasteiger partial charge in [0.2, 0.25) is 5.91 Å².